The molecule has 1 aromatic carbocycles. The van der Waals surface area contributed by atoms with Gasteiger partial charge < -0.3 is 15.5 Å². The Morgan fingerprint density at radius 3 is 2.57 bits per heavy atom. The first kappa shape index (κ1) is 20.4. The van der Waals surface area contributed by atoms with Crippen LogP contribution in [0.5, 0.6) is 0 Å². The quantitative estimate of drug-likeness (QED) is 0.339. The van der Waals surface area contributed by atoms with Crippen LogP contribution in [0, 0.1) is 5.82 Å². The van der Waals surface area contributed by atoms with Crippen LogP contribution in [0.25, 0.3) is 0 Å². The molecule has 1 aliphatic heterocycles. The van der Waals surface area contributed by atoms with Gasteiger partial charge in [-0.1, -0.05) is 12.1 Å². The zero-order chi connectivity index (χ0) is 20.8. The first-order valence-electron chi connectivity index (χ1n) is 9.54. The van der Waals surface area contributed by atoms with Gasteiger partial charge in [-0.15, -0.1) is 0 Å². The van der Waals surface area contributed by atoms with Crippen molar-refractivity contribution in [1.29, 1.82) is 0 Å². The number of rotatable bonds is 6. The summed E-state index contributed by atoms with van der Waals surface area (Å²) in [5.41, 5.74) is 0.921. The van der Waals surface area contributed by atoms with Crippen molar-refractivity contribution in [3.8, 4) is 0 Å². The zero-order valence-electron chi connectivity index (χ0n) is 16.1. The smallest absolute Gasteiger partial charge is 0.232 e. The van der Waals surface area contributed by atoms with E-state index in [0.29, 0.717) is 22.8 Å². The molecule has 0 radical (unpaired) electrons. The van der Waals surface area contributed by atoms with Crippen LogP contribution in [-0.4, -0.2) is 38.1 Å². The highest BCUT2D eigenvalue weighted by atomic mass is 32.2. The minimum absolute atomic E-state index is 0.265. The average Bonchev–Trinajstić information content (AvgIpc) is 3.29. The molecule has 2 aromatic heterocycles. The summed E-state index contributed by atoms with van der Waals surface area (Å²) >= 11 is 6.76. The van der Waals surface area contributed by atoms with Crippen LogP contribution in [0.1, 0.15) is 18.4 Å². The van der Waals surface area contributed by atoms with Crippen LogP contribution < -0.4 is 15.5 Å². The van der Waals surface area contributed by atoms with Gasteiger partial charge in [0, 0.05) is 38.1 Å². The molecule has 0 amide bonds. The topological polar surface area (TPSA) is 78.9 Å². The standard InChI is InChI=1S/C20H20FN7S2/c21-15-6-4-14(5-7-15)13-24-19(29)27-18-25-16(28-10-1-2-11-28)12-17(26-18)30-20-22-8-3-9-23-20/h3-9,12H,1-2,10-11,13H2,(H2,24,25,26,27,29). The van der Waals surface area contributed by atoms with Gasteiger partial charge in [0.1, 0.15) is 16.7 Å². The normalized spacial score (nSPS) is 13.3. The zero-order valence-corrected chi connectivity index (χ0v) is 17.7. The Labute approximate surface area is 183 Å². The van der Waals surface area contributed by atoms with Gasteiger partial charge in [-0.3, -0.25) is 0 Å². The molecule has 1 saturated heterocycles. The van der Waals surface area contributed by atoms with Gasteiger partial charge in [0.25, 0.3) is 0 Å². The molecular weight excluding hydrogens is 421 g/mol. The van der Waals surface area contributed by atoms with Crippen LogP contribution in [0.4, 0.5) is 16.2 Å². The molecule has 0 atom stereocenters. The van der Waals surface area contributed by atoms with Gasteiger partial charge in [0.2, 0.25) is 5.95 Å². The lowest BCUT2D eigenvalue weighted by molar-refractivity contribution is 0.627. The van der Waals surface area contributed by atoms with Crippen molar-refractivity contribution in [3.05, 3.63) is 60.2 Å². The maximum absolute atomic E-state index is 13.0. The Hall–Kier alpha value is -2.85. The molecular formula is C20H20FN7S2. The minimum Gasteiger partial charge on any atom is -0.358 e. The van der Waals surface area contributed by atoms with Gasteiger partial charge >= 0.3 is 0 Å². The van der Waals surface area contributed by atoms with E-state index in [1.54, 1.807) is 30.6 Å². The van der Waals surface area contributed by atoms with Gasteiger partial charge in [0.05, 0.1) is 0 Å². The maximum atomic E-state index is 13.0. The first-order valence-corrected chi connectivity index (χ1v) is 10.8. The first-order chi connectivity index (χ1) is 14.7. The number of benzene rings is 1. The molecule has 1 aliphatic rings. The van der Waals surface area contributed by atoms with E-state index >= 15 is 0 Å². The molecule has 0 spiro atoms. The molecule has 1 fully saturated rings. The Morgan fingerprint density at radius 1 is 1.10 bits per heavy atom. The summed E-state index contributed by atoms with van der Waals surface area (Å²) in [7, 11) is 0. The highest BCUT2D eigenvalue weighted by Crippen LogP contribution is 2.28. The molecule has 7 nitrogen and oxygen atoms in total. The molecule has 0 aliphatic carbocycles. The summed E-state index contributed by atoms with van der Waals surface area (Å²) in [6, 6.07) is 10.00. The van der Waals surface area contributed by atoms with Crippen molar-refractivity contribution in [2.24, 2.45) is 0 Å². The number of aromatic nitrogens is 4. The largest absolute Gasteiger partial charge is 0.358 e. The summed E-state index contributed by atoms with van der Waals surface area (Å²) in [5.74, 6) is 0.998. The number of nitrogens with zero attached hydrogens (tertiary/aromatic N) is 5. The van der Waals surface area contributed by atoms with Crippen molar-refractivity contribution in [3.63, 3.8) is 0 Å². The van der Waals surface area contributed by atoms with Crippen LogP contribution >= 0.6 is 24.0 Å². The van der Waals surface area contributed by atoms with Crippen LogP contribution in [0.2, 0.25) is 0 Å². The molecule has 0 saturated carbocycles. The van der Waals surface area contributed by atoms with E-state index in [-0.39, 0.29) is 5.82 Å². The number of hydrogen-bond donors (Lipinski definition) is 2. The summed E-state index contributed by atoms with van der Waals surface area (Å²) in [6.07, 6.45) is 5.69. The number of nitrogens with one attached hydrogen (secondary N) is 2. The van der Waals surface area contributed by atoms with Gasteiger partial charge in [-0.2, -0.15) is 4.98 Å². The fourth-order valence-electron chi connectivity index (χ4n) is 2.99. The van der Waals surface area contributed by atoms with Crippen molar-refractivity contribution < 1.29 is 4.39 Å². The molecule has 4 rings (SSSR count). The van der Waals surface area contributed by atoms with E-state index in [2.05, 4.69) is 35.5 Å². The lowest BCUT2D eigenvalue weighted by atomic mass is 10.2. The van der Waals surface area contributed by atoms with Gasteiger partial charge in [-0.25, -0.2) is 19.3 Å². The van der Waals surface area contributed by atoms with Crippen molar-refractivity contribution in [2.45, 2.75) is 29.6 Å². The Morgan fingerprint density at radius 2 is 1.83 bits per heavy atom. The summed E-state index contributed by atoms with van der Waals surface area (Å²) in [6.45, 7) is 2.41. The van der Waals surface area contributed by atoms with E-state index in [1.165, 1.54) is 23.9 Å². The molecule has 30 heavy (non-hydrogen) atoms. The van der Waals surface area contributed by atoms with Crippen molar-refractivity contribution in [2.75, 3.05) is 23.3 Å². The number of hydrogen-bond acceptors (Lipinski definition) is 7. The van der Waals surface area contributed by atoms with Crippen LogP contribution in [-0.2, 0) is 6.54 Å². The second-order valence-corrected chi connectivity index (χ2v) is 8.05. The third kappa shape index (κ3) is 5.61. The highest BCUT2D eigenvalue weighted by molar-refractivity contribution is 7.99. The predicted octanol–water partition coefficient (Wildman–Crippen LogP) is 3.64. The molecule has 3 aromatic rings. The third-order valence-electron chi connectivity index (χ3n) is 4.45. The second-order valence-electron chi connectivity index (χ2n) is 6.65. The molecule has 0 unspecified atom stereocenters. The summed E-state index contributed by atoms with van der Waals surface area (Å²) in [4.78, 5) is 19.9. The number of halogens is 1. The average molecular weight is 442 g/mol. The van der Waals surface area contributed by atoms with E-state index in [0.717, 1.165) is 42.3 Å². The highest BCUT2D eigenvalue weighted by Gasteiger charge is 2.17. The molecule has 2 N–H and O–H groups in total. The molecule has 154 valence electrons. The van der Waals surface area contributed by atoms with Crippen LogP contribution in [0.15, 0.2) is 59.0 Å². The second kappa shape index (κ2) is 9.77. The lowest BCUT2D eigenvalue weighted by Crippen LogP contribution is -2.29. The van der Waals surface area contributed by atoms with Crippen molar-refractivity contribution >= 4 is 40.9 Å². The fraction of sp³-hybridized carbons (Fsp3) is 0.250. The Balaban J connectivity index is 1.47. The third-order valence-corrected chi connectivity index (χ3v) is 5.51. The van der Waals surface area contributed by atoms with Crippen molar-refractivity contribution in [1.82, 2.24) is 25.3 Å². The maximum Gasteiger partial charge on any atom is 0.232 e. The molecule has 10 heteroatoms. The Kier molecular flexibility index (Phi) is 6.65. The van der Waals surface area contributed by atoms with Crippen LogP contribution in [0.3, 0.4) is 0 Å². The number of anilines is 2. The van der Waals surface area contributed by atoms with Gasteiger partial charge in [-0.05, 0) is 60.6 Å². The monoisotopic (exact) mass is 441 g/mol. The lowest BCUT2D eigenvalue weighted by Gasteiger charge is -2.18. The van der Waals surface area contributed by atoms with E-state index in [4.69, 9.17) is 12.2 Å². The molecule has 3 heterocycles. The number of thiocarbonyl (C=S) groups is 1. The summed E-state index contributed by atoms with van der Waals surface area (Å²) in [5, 5.41) is 7.90. The SMILES string of the molecule is Fc1ccc(CNC(=S)Nc2nc(Sc3ncccn3)cc(N3CCCC3)n2)cc1. The van der Waals surface area contributed by atoms with E-state index < -0.39 is 0 Å². The fourth-order valence-corrected chi connectivity index (χ4v) is 3.87. The summed E-state index contributed by atoms with van der Waals surface area (Å²) < 4.78 is 13.0. The van der Waals surface area contributed by atoms with E-state index in [9.17, 15) is 4.39 Å². The van der Waals surface area contributed by atoms with E-state index in [1.807, 2.05) is 6.07 Å². The minimum atomic E-state index is -0.265. The van der Waals surface area contributed by atoms with Gasteiger partial charge in [0.15, 0.2) is 10.3 Å². The Bertz CT molecular complexity index is 996. The molecule has 0 bridgehead atoms. The predicted molar refractivity (Wildman–Crippen MR) is 119 cm³/mol.